The van der Waals surface area contributed by atoms with E-state index in [1.807, 2.05) is 0 Å². The molecule has 0 heterocycles. The Bertz CT molecular complexity index is 469. The Hall–Kier alpha value is -0.360. The maximum absolute atomic E-state index is 12.9. The predicted octanol–water partition coefficient (Wildman–Crippen LogP) is 5.00. The molecule has 0 aliphatic heterocycles. The number of alkyl halides is 4. The fourth-order valence-electron chi connectivity index (χ4n) is 1.65. The molecule has 0 fully saturated rings. The molecule has 0 N–H and O–H groups in total. The van der Waals surface area contributed by atoms with Crippen molar-refractivity contribution in [3.63, 3.8) is 0 Å². The zero-order valence-electron chi connectivity index (χ0n) is 10.4. The summed E-state index contributed by atoms with van der Waals surface area (Å²) in [6.45, 7) is 3.45. The number of hydrogen-bond acceptors (Lipinski definition) is 1. The SMILES string of the molecule is CC(C)C(=O)C(Br)Cc1ccc(Br)cc1C(F)(F)F. The molecule has 0 aliphatic rings. The molecule has 106 valence electrons. The molecule has 6 heteroatoms. The van der Waals surface area contributed by atoms with Crippen LogP contribution in [0.5, 0.6) is 0 Å². The normalized spacial score (nSPS) is 13.7. The van der Waals surface area contributed by atoms with Crippen LogP contribution < -0.4 is 0 Å². The van der Waals surface area contributed by atoms with E-state index in [4.69, 9.17) is 0 Å². The predicted molar refractivity (Wildman–Crippen MR) is 75.4 cm³/mol. The second-order valence-corrected chi connectivity index (χ2v) is 6.55. The fourth-order valence-corrected chi connectivity index (χ4v) is 2.88. The van der Waals surface area contributed by atoms with Gasteiger partial charge in [0.25, 0.3) is 0 Å². The van der Waals surface area contributed by atoms with Gasteiger partial charge >= 0.3 is 6.18 Å². The largest absolute Gasteiger partial charge is 0.416 e. The Morgan fingerprint density at radius 3 is 2.37 bits per heavy atom. The summed E-state index contributed by atoms with van der Waals surface area (Å²) in [5, 5.41) is 0. The molecule has 0 aliphatic carbocycles. The van der Waals surface area contributed by atoms with Crippen molar-refractivity contribution in [1.29, 1.82) is 0 Å². The highest BCUT2D eigenvalue weighted by Gasteiger charge is 2.34. The minimum atomic E-state index is -4.42. The average Bonchev–Trinajstić information content (AvgIpc) is 2.28. The molecule has 1 aromatic carbocycles. The lowest BCUT2D eigenvalue weighted by atomic mass is 9.97. The maximum Gasteiger partial charge on any atom is 0.416 e. The lowest BCUT2D eigenvalue weighted by Crippen LogP contribution is -2.23. The zero-order chi connectivity index (χ0) is 14.8. The summed E-state index contributed by atoms with van der Waals surface area (Å²) in [7, 11) is 0. The van der Waals surface area contributed by atoms with Gasteiger partial charge in [-0.3, -0.25) is 4.79 Å². The number of Topliss-reactive ketones (excluding diaryl/α,β-unsaturated/α-hetero) is 1. The van der Waals surface area contributed by atoms with Gasteiger partial charge in [0.05, 0.1) is 10.4 Å². The number of benzene rings is 1. The second-order valence-electron chi connectivity index (χ2n) is 4.53. The summed E-state index contributed by atoms with van der Waals surface area (Å²) in [4.78, 5) is 11.1. The third kappa shape index (κ3) is 4.60. The summed E-state index contributed by atoms with van der Waals surface area (Å²) in [6.07, 6.45) is -4.40. The smallest absolute Gasteiger partial charge is 0.298 e. The first-order chi connectivity index (χ1) is 8.62. The Morgan fingerprint density at radius 2 is 1.89 bits per heavy atom. The number of ketones is 1. The van der Waals surface area contributed by atoms with E-state index in [-0.39, 0.29) is 23.7 Å². The summed E-state index contributed by atoms with van der Waals surface area (Å²) >= 11 is 6.20. The topological polar surface area (TPSA) is 17.1 Å². The molecular weight excluding hydrogens is 389 g/mol. The van der Waals surface area contributed by atoms with Crippen LogP contribution in [0.25, 0.3) is 0 Å². The molecule has 1 rings (SSSR count). The quantitative estimate of drug-likeness (QED) is 0.649. The van der Waals surface area contributed by atoms with Crippen molar-refractivity contribution >= 4 is 37.6 Å². The first-order valence-electron chi connectivity index (χ1n) is 5.66. The van der Waals surface area contributed by atoms with Gasteiger partial charge in [-0.1, -0.05) is 51.8 Å². The van der Waals surface area contributed by atoms with Gasteiger partial charge in [-0.05, 0) is 24.1 Å². The number of carbonyl (C=O) groups is 1. The van der Waals surface area contributed by atoms with Crippen LogP contribution in [0.2, 0.25) is 0 Å². The third-order valence-corrected chi connectivity index (χ3v) is 3.92. The lowest BCUT2D eigenvalue weighted by molar-refractivity contribution is -0.138. The minimum Gasteiger partial charge on any atom is -0.298 e. The summed E-state index contributed by atoms with van der Waals surface area (Å²) in [5.41, 5.74) is -0.588. The monoisotopic (exact) mass is 400 g/mol. The van der Waals surface area contributed by atoms with E-state index >= 15 is 0 Å². The Morgan fingerprint density at radius 1 is 1.32 bits per heavy atom. The molecule has 0 radical (unpaired) electrons. The van der Waals surface area contributed by atoms with Crippen molar-refractivity contribution in [3.8, 4) is 0 Å². The lowest BCUT2D eigenvalue weighted by Gasteiger charge is -2.16. The van der Waals surface area contributed by atoms with Crippen LogP contribution in [0, 0.1) is 5.92 Å². The molecular formula is C13H13Br2F3O. The molecule has 0 saturated carbocycles. The molecule has 0 aromatic heterocycles. The number of halogens is 5. The molecule has 1 aromatic rings. The van der Waals surface area contributed by atoms with Crippen molar-refractivity contribution in [2.24, 2.45) is 5.92 Å². The highest BCUT2D eigenvalue weighted by atomic mass is 79.9. The average molecular weight is 402 g/mol. The van der Waals surface area contributed by atoms with Crippen LogP contribution in [0.15, 0.2) is 22.7 Å². The summed E-state index contributed by atoms with van der Waals surface area (Å²) in [6, 6.07) is 3.98. The maximum atomic E-state index is 12.9. The van der Waals surface area contributed by atoms with Crippen LogP contribution >= 0.6 is 31.9 Å². The van der Waals surface area contributed by atoms with Gasteiger partial charge in [-0.25, -0.2) is 0 Å². The van der Waals surface area contributed by atoms with Crippen molar-refractivity contribution < 1.29 is 18.0 Å². The van der Waals surface area contributed by atoms with Crippen LogP contribution in [-0.4, -0.2) is 10.6 Å². The fraction of sp³-hybridized carbons (Fsp3) is 0.462. The molecule has 0 spiro atoms. The highest BCUT2D eigenvalue weighted by molar-refractivity contribution is 9.10. The van der Waals surface area contributed by atoms with E-state index in [1.54, 1.807) is 19.9 Å². The second kappa shape index (κ2) is 6.39. The van der Waals surface area contributed by atoms with Crippen molar-refractivity contribution in [2.75, 3.05) is 0 Å². The van der Waals surface area contributed by atoms with Gasteiger partial charge < -0.3 is 0 Å². The Balaban J connectivity index is 3.05. The molecule has 1 nitrogen and oxygen atoms in total. The minimum absolute atomic E-state index is 0.0269. The van der Waals surface area contributed by atoms with E-state index in [2.05, 4.69) is 31.9 Å². The summed E-state index contributed by atoms with van der Waals surface area (Å²) < 4.78 is 39.1. The molecule has 1 unspecified atom stereocenters. The zero-order valence-corrected chi connectivity index (χ0v) is 13.6. The molecule has 0 bridgehead atoms. The van der Waals surface area contributed by atoms with Gasteiger partial charge in [0.15, 0.2) is 0 Å². The van der Waals surface area contributed by atoms with E-state index < -0.39 is 16.6 Å². The van der Waals surface area contributed by atoms with Gasteiger partial charge in [0.2, 0.25) is 0 Å². The standard InChI is InChI=1S/C13H13Br2F3O/c1-7(2)12(19)11(15)5-8-3-4-9(14)6-10(8)13(16,17)18/h3-4,6-7,11H,5H2,1-2H3. The third-order valence-electron chi connectivity index (χ3n) is 2.65. The van der Waals surface area contributed by atoms with Crippen LogP contribution in [0.4, 0.5) is 13.2 Å². The number of rotatable bonds is 4. The van der Waals surface area contributed by atoms with E-state index in [1.165, 1.54) is 6.07 Å². The number of carbonyl (C=O) groups excluding carboxylic acids is 1. The van der Waals surface area contributed by atoms with Crippen LogP contribution in [-0.2, 0) is 17.4 Å². The van der Waals surface area contributed by atoms with Crippen molar-refractivity contribution in [3.05, 3.63) is 33.8 Å². The Kier molecular flexibility index (Phi) is 5.62. The molecule has 0 amide bonds. The first kappa shape index (κ1) is 16.7. The van der Waals surface area contributed by atoms with Crippen molar-refractivity contribution in [1.82, 2.24) is 0 Å². The van der Waals surface area contributed by atoms with E-state index in [9.17, 15) is 18.0 Å². The van der Waals surface area contributed by atoms with E-state index in [0.29, 0.717) is 4.47 Å². The van der Waals surface area contributed by atoms with Crippen LogP contribution in [0.1, 0.15) is 25.0 Å². The molecule has 19 heavy (non-hydrogen) atoms. The van der Waals surface area contributed by atoms with Crippen LogP contribution in [0.3, 0.4) is 0 Å². The van der Waals surface area contributed by atoms with Crippen molar-refractivity contribution in [2.45, 2.75) is 31.3 Å². The first-order valence-corrected chi connectivity index (χ1v) is 7.37. The van der Waals surface area contributed by atoms with Gasteiger partial charge in [0.1, 0.15) is 5.78 Å². The van der Waals surface area contributed by atoms with E-state index in [0.717, 1.165) is 6.07 Å². The molecule has 1 atom stereocenters. The highest BCUT2D eigenvalue weighted by Crippen LogP contribution is 2.35. The van der Waals surface area contributed by atoms with Gasteiger partial charge in [-0.15, -0.1) is 0 Å². The summed E-state index contributed by atoms with van der Waals surface area (Å²) in [5.74, 6) is -0.315. The van der Waals surface area contributed by atoms with Gasteiger partial charge in [-0.2, -0.15) is 13.2 Å². The van der Waals surface area contributed by atoms with Gasteiger partial charge in [0, 0.05) is 10.4 Å². The Labute approximate surface area is 126 Å². The molecule has 0 saturated heterocycles. The number of hydrogen-bond donors (Lipinski definition) is 0.